The molecule has 1 aromatic carbocycles. The Bertz CT molecular complexity index is 1020. The first-order chi connectivity index (χ1) is 16.2. The normalized spacial score (nSPS) is 18.6. The number of nitrogens with zero attached hydrogens (tertiary/aromatic N) is 3. The number of hydrogen-bond donors (Lipinski definition) is 4. The Labute approximate surface area is 199 Å². The standard InChI is InChI=1S/C24H35F2N7O/c1-15(2)8-9-17(12-16-13-29-19-7-5-4-6-18(16)19)30-23(34)22(27)31-24(28)33-11-10-32(3)20(14-33)21(25)26/h4-7,13,15,17,20-21,29H,8-12,14H2,1-3H3,(H,30,34)(H3,27,28,31). The van der Waals surface area contributed by atoms with E-state index in [0.717, 1.165) is 29.3 Å². The molecule has 8 nitrogen and oxygen atoms in total. The molecule has 2 unspecified atom stereocenters. The smallest absolute Gasteiger partial charge is 0.286 e. The molecular formula is C24H35F2N7O. The van der Waals surface area contributed by atoms with Crippen molar-refractivity contribution < 1.29 is 13.6 Å². The van der Waals surface area contributed by atoms with E-state index in [2.05, 4.69) is 29.1 Å². The summed E-state index contributed by atoms with van der Waals surface area (Å²) >= 11 is 0. The number of carbonyl (C=O) groups excluding carboxylic acids is 1. The van der Waals surface area contributed by atoms with Crippen LogP contribution in [0.1, 0.15) is 32.3 Å². The van der Waals surface area contributed by atoms with E-state index in [-0.39, 0.29) is 24.4 Å². The summed E-state index contributed by atoms with van der Waals surface area (Å²) in [5.41, 5.74) is 8.06. The summed E-state index contributed by atoms with van der Waals surface area (Å²) in [5.74, 6) is -0.702. The highest BCUT2D eigenvalue weighted by molar-refractivity contribution is 6.38. The van der Waals surface area contributed by atoms with Gasteiger partial charge in [0.25, 0.3) is 12.3 Å². The number of nitrogens with one attached hydrogen (secondary N) is 3. The maximum absolute atomic E-state index is 13.3. The van der Waals surface area contributed by atoms with E-state index < -0.39 is 18.4 Å². The summed E-state index contributed by atoms with van der Waals surface area (Å²) in [5, 5.41) is 12.3. The first-order valence-corrected chi connectivity index (χ1v) is 11.7. The Kier molecular flexibility index (Phi) is 8.60. The number of benzene rings is 1. The van der Waals surface area contributed by atoms with Crippen molar-refractivity contribution in [2.75, 3.05) is 26.7 Å². The second-order valence-corrected chi connectivity index (χ2v) is 9.35. The third kappa shape index (κ3) is 6.53. The van der Waals surface area contributed by atoms with Gasteiger partial charge in [-0.2, -0.15) is 4.99 Å². The van der Waals surface area contributed by atoms with E-state index in [9.17, 15) is 13.6 Å². The number of carbonyl (C=O) groups is 1. The average molecular weight is 476 g/mol. The van der Waals surface area contributed by atoms with E-state index >= 15 is 0 Å². The molecule has 10 heteroatoms. The molecule has 1 aliphatic heterocycles. The number of aromatic amines is 1. The van der Waals surface area contributed by atoms with Crippen LogP contribution in [0.2, 0.25) is 0 Å². The molecule has 0 bridgehead atoms. The second-order valence-electron chi connectivity index (χ2n) is 9.35. The minimum Gasteiger partial charge on any atom is -0.379 e. The van der Waals surface area contributed by atoms with Gasteiger partial charge < -0.3 is 20.9 Å². The molecule has 1 amide bonds. The number of halogens is 2. The Balaban J connectivity index is 1.67. The molecule has 0 aliphatic carbocycles. The highest BCUT2D eigenvalue weighted by Crippen LogP contribution is 2.21. The summed E-state index contributed by atoms with van der Waals surface area (Å²) in [4.78, 5) is 23.0. The van der Waals surface area contributed by atoms with Gasteiger partial charge in [-0.15, -0.1) is 0 Å². The van der Waals surface area contributed by atoms with Gasteiger partial charge in [0.1, 0.15) is 0 Å². The van der Waals surface area contributed by atoms with Crippen LogP contribution in [0.4, 0.5) is 8.78 Å². The first-order valence-electron chi connectivity index (χ1n) is 11.7. The fraction of sp³-hybridized carbons (Fsp3) is 0.542. The number of aromatic nitrogens is 1. The molecule has 3 rings (SSSR count). The van der Waals surface area contributed by atoms with E-state index in [1.54, 1.807) is 11.9 Å². The van der Waals surface area contributed by atoms with Crippen LogP contribution < -0.4 is 11.1 Å². The molecule has 1 fully saturated rings. The zero-order valence-electron chi connectivity index (χ0n) is 20.0. The molecule has 0 spiro atoms. The number of alkyl halides is 2. The number of likely N-dealkylation sites (N-methyl/N-ethyl adjacent to an activating group) is 1. The number of piperazine rings is 1. The lowest BCUT2D eigenvalue weighted by Crippen LogP contribution is -2.55. The Hall–Kier alpha value is -3.01. The van der Waals surface area contributed by atoms with Crippen LogP contribution in [0, 0.1) is 11.3 Å². The van der Waals surface area contributed by atoms with E-state index in [1.807, 2.05) is 30.5 Å². The number of amidine groups is 1. The number of amides is 1. The Morgan fingerprint density at radius 2 is 2.03 bits per heavy atom. The monoisotopic (exact) mass is 475 g/mol. The number of nitrogens with two attached hydrogens (primary N) is 1. The van der Waals surface area contributed by atoms with Crippen molar-refractivity contribution in [3.05, 3.63) is 36.0 Å². The number of para-hydroxylation sites is 1. The molecule has 2 atom stereocenters. The van der Waals surface area contributed by atoms with Crippen molar-refractivity contribution in [3.8, 4) is 0 Å². The van der Waals surface area contributed by atoms with Crippen LogP contribution in [-0.2, 0) is 11.2 Å². The number of H-pyrrole nitrogens is 1. The first kappa shape index (κ1) is 25.6. The minimum atomic E-state index is -2.53. The van der Waals surface area contributed by atoms with E-state index in [4.69, 9.17) is 11.1 Å². The van der Waals surface area contributed by atoms with Crippen LogP contribution in [0.25, 0.3) is 10.9 Å². The van der Waals surface area contributed by atoms with Crippen molar-refractivity contribution in [1.82, 2.24) is 20.1 Å². The molecule has 1 aliphatic rings. The predicted octanol–water partition coefficient (Wildman–Crippen LogP) is 2.80. The molecular weight excluding hydrogens is 440 g/mol. The van der Waals surface area contributed by atoms with E-state index in [1.165, 1.54) is 4.90 Å². The van der Waals surface area contributed by atoms with Crippen LogP contribution in [0.3, 0.4) is 0 Å². The zero-order valence-corrected chi connectivity index (χ0v) is 20.0. The third-order valence-electron chi connectivity index (χ3n) is 6.31. The molecule has 186 valence electrons. The predicted molar refractivity (Wildman–Crippen MR) is 131 cm³/mol. The van der Waals surface area contributed by atoms with Gasteiger partial charge in [0, 0.05) is 42.8 Å². The molecule has 2 heterocycles. The molecule has 0 radical (unpaired) electrons. The number of guanidine groups is 1. The van der Waals surface area contributed by atoms with Crippen molar-refractivity contribution in [2.24, 2.45) is 16.6 Å². The fourth-order valence-electron chi connectivity index (χ4n) is 4.19. The Morgan fingerprint density at radius 3 is 2.74 bits per heavy atom. The molecule has 0 saturated carbocycles. The summed E-state index contributed by atoms with van der Waals surface area (Å²) in [6.45, 7) is 4.97. The summed E-state index contributed by atoms with van der Waals surface area (Å²) in [6.07, 6.45) is 1.75. The van der Waals surface area contributed by atoms with Crippen molar-refractivity contribution in [1.29, 1.82) is 5.41 Å². The lowest BCUT2D eigenvalue weighted by molar-refractivity contribution is -0.115. The topological polar surface area (TPSA) is 114 Å². The number of rotatable bonds is 7. The van der Waals surface area contributed by atoms with Gasteiger partial charge in [0.15, 0.2) is 5.84 Å². The number of fused-ring (bicyclic) bond motifs is 1. The largest absolute Gasteiger partial charge is 0.379 e. The van der Waals surface area contributed by atoms with Gasteiger partial charge >= 0.3 is 0 Å². The molecule has 34 heavy (non-hydrogen) atoms. The molecule has 1 saturated heterocycles. The second kappa shape index (κ2) is 11.4. The highest BCUT2D eigenvalue weighted by atomic mass is 19.3. The van der Waals surface area contributed by atoms with Gasteiger partial charge in [-0.1, -0.05) is 32.0 Å². The van der Waals surface area contributed by atoms with Gasteiger partial charge in [-0.3, -0.25) is 15.1 Å². The molecule has 2 aromatic rings. The lowest BCUT2D eigenvalue weighted by atomic mass is 9.97. The lowest BCUT2D eigenvalue weighted by Gasteiger charge is -2.39. The van der Waals surface area contributed by atoms with Crippen LogP contribution >= 0.6 is 0 Å². The maximum Gasteiger partial charge on any atom is 0.286 e. The van der Waals surface area contributed by atoms with Crippen molar-refractivity contribution in [2.45, 2.75) is 51.6 Å². The van der Waals surface area contributed by atoms with Crippen LogP contribution in [0.5, 0.6) is 0 Å². The van der Waals surface area contributed by atoms with E-state index in [0.29, 0.717) is 25.4 Å². The van der Waals surface area contributed by atoms with Gasteiger partial charge in [0.05, 0.1) is 6.04 Å². The number of hydrogen-bond acceptors (Lipinski definition) is 3. The quantitative estimate of drug-likeness (QED) is 0.364. The average Bonchev–Trinajstić information content (AvgIpc) is 3.20. The molecule has 5 N–H and O–H groups in total. The summed E-state index contributed by atoms with van der Waals surface area (Å²) in [7, 11) is 1.63. The van der Waals surface area contributed by atoms with Gasteiger partial charge in [-0.25, -0.2) is 8.78 Å². The Morgan fingerprint density at radius 1 is 1.29 bits per heavy atom. The number of aliphatic imine (C=N–C) groups is 1. The summed E-state index contributed by atoms with van der Waals surface area (Å²) in [6, 6.07) is 6.85. The minimum absolute atomic E-state index is 0.0387. The maximum atomic E-state index is 13.3. The van der Waals surface area contributed by atoms with Crippen molar-refractivity contribution >= 4 is 28.6 Å². The highest BCUT2D eigenvalue weighted by Gasteiger charge is 2.32. The van der Waals surface area contributed by atoms with Gasteiger partial charge in [-0.05, 0) is 43.9 Å². The molecule has 1 aromatic heterocycles. The fourth-order valence-corrected chi connectivity index (χ4v) is 4.19. The van der Waals surface area contributed by atoms with Crippen molar-refractivity contribution in [3.63, 3.8) is 0 Å². The van der Waals surface area contributed by atoms with Crippen LogP contribution in [0.15, 0.2) is 35.5 Å². The SMILES string of the molecule is CC(C)CCC(Cc1c[nH]c2ccccc12)NC(=O)/C(N)=N/C(=N)N1CCN(C)C(C(F)F)C1. The van der Waals surface area contributed by atoms with Crippen LogP contribution in [-0.4, -0.2) is 77.7 Å². The third-order valence-corrected chi connectivity index (χ3v) is 6.31. The van der Waals surface area contributed by atoms with Gasteiger partial charge in [0.2, 0.25) is 5.96 Å². The zero-order chi connectivity index (χ0) is 24.8. The summed E-state index contributed by atoms with van der Waals surface area (Å²) < 4.78 is 26.5.